The first-order chi connectivity index (χ1) is 9.61. The largest absolute Gasteiger partial charge is 0.394 e. The molecule has 0 fully saturated rings. The molecule has 1 amide bonds. The van der Waals surface area contributed by atoms with E-state index in [2.05, 4.69) is 21.2 Å². The van der Waals surface area contributed by atoms with Gasteiger partial charge in [-0.15, -0.1) is 0 Å². The molecule has 0 aliphatic heterocycles. The van der Waals surface area contributed by atoms with Gasteiger partial charge in [0.15, 0.2) is 0 Å². The minimum atomic E-state index is -0.455. The highest BCUT2D eigenvalue weighted by atomic mass is 79.9. The van der Waals surface area contributed by atoms with Crippen LogP contribution in [-0.2, 0) is 0 Å². The summed E-state index contributed by atoms with van der Waals surface area (Å²) in [5, 5.41) is 12.6. The van der Waals surface area contributed by atoms with Gasteiger partial charge in [0, 0.05) is 4.47 Å². The van der Waals surface area contributed by atoms with Crippen LogP contribution in [0.25, 0.3) is 0 Å². The molecule has 0 heterocycles. The van der Waals surface area contributed by atoms with E-state index in [0.717, 1.165) is 10.0 Å². The minimum Gasteiger partial charge on any atom is -0.394 e. The Balaban J connectivity index is 2.17. The topological polar surface area (TPSA) is 49.3 Å². The maximum atomic E-state index is 12.2. The number of nitrogens with one attached hydrogen (secondary N) is 1. The second kappa shape index (κ2) is 6.88. The van der Waals surface area contributed by atoms with E-state index in [-0.39, 0.29) is 12.5 Å². The van der Waals surface area contributed by atoms with Crippen LogP contribution in [0.2, 0.25) is 5.02 Å². The van der Waals surface area contributed by atoms with Crippen molar-refractivity contribution in [3.8, 4) is 0 Å². The molecule has 5 heteroatoms. The van der Waals surface area contributed by atoms with Gasteiger partial charge < -0.3 is 10.4 Å². The predicted molar refractivity (Wildman–Crippen MR) is 82.9 cm³/mol. The first kappa shape index (κ1) is 15.0. The van der Waals surface area contributed by atoms with Crippen molar-refractivity contribution in [1.82, 2.24) is 5.32 Å². The maximum Gasteiger partial charge on any atom is 0.253 e. The van der Waals surface area contributed by atoms with Gasteiger partial charge in [0.25, 0.3) is 5.91 Å². The molecule has 3 nitrogen and oxygen atoms in total. The molecule has 0 radical (unpaired) electrons. The number of rotatable bonds is 4. The van der Waals surface area contributed by atoms with Crippen LogP contribution in [-0.4, -0.2) is 17.6 Å². The molecule has 1 atom stereocenters. The normalized spacial score (nSPS) is 11.9. The molecule has 0 saturated carbocycles. The van der Waals surface area contributed by atoms with Crippen LogP contribution >= 0.6 is 27.5 Å². The van der Waals surface area contributed by atoms with Crippen molar-refractivity contribution in [2.24, 2.45) is 0 Å². The Morgan fingerprint density at radius 2 is 1.95 bits per heavy atom. The Morgan fingerprint density at radius 3 is 2.55 bits per heavy atom. The zero-order chi connectivity index (χ0) is 14.5. The Morgan fingerprint density at radius 1 is 1.25 bits per heavy atom. The molecule has 0 aliphatic rings. The van der Waals surface area contributed by atoms with Crippen LogP contribution in [0.4, 0.5) is 0 Å². The third-order valence-corrected chi connectivity index (χ3v) is 3.67. The second-order valence-electron chi connectivity index (χ2n) is 4.24. The SMILES string of the molecule is O=C(N[C@H](CO)c1ccccc1)c1ccc(Br)cc1Cl. The first-order valence-electron chi connectivity index (χ1n) is 6.03. The Kier molecular flexibility index (Phi) is 5.17. The average Bonchev–Trinajstić information content (AvgIpc) is 2.45. The number of halogens is 2. The molecule has 0 saturated heterocycles. The standard InChI is InChI=1S/C15H13BrClNO2/c16-11-6-7-12(13(17)8-11)15(20)18-14(9-19)10-4-2-1-3-5-10/h1-8,14,19H,9H2,(H,18,20)/t14-/m1/s1. The molecule has 104 valence electrons. The summed E-state index contributed by atoms with van der Waals surface area (Å²) < 4.78 is 0.806. The molecule has 2 N–H and O–H groups in total. The second-order valence-corrected chi connectivity index (χ2v) is 5.57. The number of aliphatic hydroxyl groups excluding tert-OH is 1. The van der Waals surface area contributed by atoms with Crippen molar-refractivity contribution in [2.75, 3.05) is 6.61 Å². The lowest BCUT2D eigenvalue weighted by molar-refractivity contribution is 0.0916. The van der Waals surface area contributed by atoms with Gasteiger partial charge in [-0.1, -0.05) is 57.9 Å². The van der Waals surface area contributed by atoms with Gasteiger partial charge >= 0.3 is 0 Å². The van der Waals surface area contributed by atoms with E-state index < -0.39 is 6.04 Å². The minimum absolute atomic E-state index is 0.177. The van der Waals surface area contributed by atoms with Gasteiger partial charge in [-0.3, -0.25) is 4.79 Å². The molecule has 20 heavy (non-hydrogen) atoms. The number of carbonyl (C=O) groups is 1. The first-order valence-corrected chi connectivity index (χ1v) is 7.20. The molecule has 0 spiro atoms. The summed E-state index contributed by atoms with van der Waals surface area (Å²) in [6, 6.07) is 13.9. The molecular weight excluding hydrogens is 342 g/mol. The Labute approximate surface area is 130 Å². The quantitative estimate of drug-likeness (QED) is 0.882. The molecule has 2 aromatic rings. The van der Waals surface area contributed by atoms with Crippen molar-refractivity contribution in [3.63, 3.8) is 0 Å². The molecule has 2 rings (SSSR count). The molecule has 0 aromatic heterocycles. The summed E-state index contributed by atoms with van der Waals surface area (Å²) >= 11 is 9.33. The third kappa shape index (κ3) is 3.60. The monoisotopic (exact) mass is 353 g/mol. The van der Waals surface area contributed by atoms with Gasteiger partial charge in [0.2, 0.25) is 0 Å². The summed E-state index contributed by atoms with van der Waals surface area (Å²) in [6.07, 6.45) is 0. The van der Waals surface area contributed by atoms with Crippen LogP contribution in [0.1, 0.15) is 22.0 Å². The number of benzene rings is 2. The summed E-state index contributed by atoms with van der Waals surface area (Å²) in [7, 11) is 0. The van der Waals surface area contributed by atoms with E-state index in [9.17, 15) is 9.90 Å². The zero-order valence-corrected chi connectivity index (χ0v) is 12.9. The number of aliphatic hydroxyl groups is 1. The zero-order valence-electron chi connectivity index (χ0n) is 10.5. The van der Waals surface area contributed by atoms with Crippen LogP contribution in [0.3, 0.4) is 0 Å². The van der Waals surface area contributed by atoms with E-state index in [1.54, 1.807) is 18.2 Å². The fourth-order valence-corrected chi connectivity index (χ4v) is 2.59. The van der Waals surface area contributed by atoms with E-state index in [4.69, 9.17) is 11.6 Å². The van der Waals surface area contributed by atoms with E-state index >= 15 is 0 Å². The number of hydrogen-bond donors (Lipinski definition) is 2. The van der Waals surface area contributed by atoms with Gasteiger partial charge in [0.1, 0.15) is 0 Å². The molecule has 0 bridgehead atoms. The van der Waals surface area contributed by atoms with Crippen molar-refractivity contribution in [1.29, 1.82) is 0 Å². The lowest BCUT2D eigenvalue weighted by Crippen LogP contribution is -2.30. The van der Waals surface area contributed by atoms with E-state index in [0.29, 0.717) is 10.6 Å². The smallest absolute Gasteiger partial charge is 0.253 e. The average molecular weight is 355 g/mol. The number of hydrogen-bond acceptors (Lipinski definition) is 2. The summed E-state index contributed by atoms with van der Waals surface area (Å²) in [4.78, 5) is 12.2. The lowest BCUT2D eigenvalue weighted by atomic mass is 10.1. The Hall–Kier alpha value is -1.36. The highest BCUT2D eigenvalue weighted by molar-refractivity contribution is 9.10. The molecule has 0 unspecified atom stereocenters. The number of carbonyl (C=O) groups excluding carboxylic acids is 1. The summed E-state index contributed by atoms with van der Waals surface area (Å²) in [6.45, 7) is -0.177. The fraction of sp³-hybridized carbons (Fsp3) is 0.133. The van der Waals surface area contributed by atoms with Crippen molar-refractivity contribution in [2.45, 2.75) is 6.04 Å². The van der Waals surface area contributed by atoms with Gasteiger partial charge in [0.05, 0.1) is 23.2 Å². The molecule has 0 aliphatic carbocycles. The van der Waals surface area contributed by atoms with Gasteiger partial charge in [-0.05, 0) is 23.8 Å². The maximum absolute atomic E-state index is 12.2. The Bertz CT molecular complexity index is 604. The number of amides is 1. The molecule has 2 aromatic carbocycles. The van der Waals surface area contributed by atoms with Crippen LogP contribution in [0.5, 0.6) is 0 Å². The van der Waals surface area contributed by atoms with Crippen LogP contribution < -0.4 is 5.32 Å². The van der Waals surface area contributed by atoms with Crippen LogP contribution in [0.15, 0.2) is 53.0 Å². The van der Waals surface area contributed by atoms with Crippen LogP contribution in [0, 0.1) is 0 Å². The predicted octanol–water partition coefficient (Wildman–Crippen LogP) is 3.57. The van der Waals surface area contributed by atoms with E-state index in [1.807, 2.05) is 30.3 Å². The van der Waals surface area contributed by atoms with E-state index in [1.165, 1.54) is 0 Å². The van der Waals surface area contributed by atoms with Gasteiger partial charge in [-0.2, -0.15) is 0 Å². The molecular formula is C15H13BrClNO2. The van der Waals surface area contributed by atoms with Crippen molar-refractivity contribution in [3.05, 3.63) is 69.2 Å². The highest BCUT2D eigenvalue weighted by Gasteiger charge is 2.16. The lowest BCUT2D eigenvalue weighted by Gasteiger charge is -2.17. The van der Waals surface area contributed by atoms with Crippen molar-refractivity contribution < 1.29 is 9.90 Å². The third-order valence-electron chi connectivity index (χ3n) is 2.87. The van der Waals surface area contributed by atoms with Gasteiger partial charge in [-0.25, -0.2) is 0 Å². The highest BCUT2D eigenvalue weighted by Crippen LogP contribution is 2.22. The summed E-state index contributed by atoms with van der Waals surface area (Å²) in [5.74, 6) is -0.314. The fourth-order valence-electron chi connectivity index (χ4n) is 1.83. The van der Waals surface area contributed by atoms with Crippen molar-refractivity contribution >= 4 is 33.4 Å². The summed E-state index contributed by atoms with van der Waals surface area (Å²) in [5.41, 5.74) is 1.22.